The van der Waals surface area contributed by atoms with E-state index in [1.165, 1.54) is 0 Å². The van der Waals surface area contributed by atoms with Crippen molar-refractivity contribution >= 4 is 28.9 Å². The van der Waals surface area contributed by atoms with Crippen LogP contribution in [0.3, 0.4) is 0 Å². The zero-order chi connectivity index (χ0) is 8.59. The fraction of sp³-hybridized carbons (Fsp3) is 0.167. The lowest BCUT2D eigenvalue weighted by Gasteiger charge is -2.02. The number of carbonyl (C=O) groups is 5. The van der Waals surface area contributed by atoms with Crippen molar-refractivity contribution in [1.82, 2.24) is 0 Å². The lowest BCUT2D eigenvalue weighted by molar-refractivity contribution is -0.154. The first kappa shape index (κ1) is 7.46. The Kier molecular flexibility index (Phi) is 1.48. The number of hydrogen-bond donors (Lipinski definition) is 0. The Morgan fingerprint density at radius 2 is 1.00 bits per heavy atom. The summed E-state index contributed by atoms with van der Waals surface area (Å²) in [6.45, 7) is 0. The van der Waals surface area contributed by atoms with Crippen LogP contribution in [0, 0.1) is 0 Å². The van der Waals surface area contributed by atoms with E-state index in [0.29, 0.717) is 0 Å². The molecule has 56 valence electrons. The normalized spacial score (nSPS) is 19.5. The molecule has 0 spiro atoms. The van der Waals surface area contributed by atoms with Gasteiger partial charge in [0, 0.05) is 0 Å². The Balaban J connectivity index is 3.06. The third-order valence-electron chi connectivity index (χ3n) is 1.24. The molecule has 0 N–H and O–H groups in total. The van der Waals surface area contributed by atoms with Gasteiger partial charge in [0.25, 0.3) is 17.3 Å². The van der Waals surface area contributed by atoms with Gasteiger partial charge in [-0.1, -0.05) is 0 Å². The van der Waals surface area contributed by atoms with Crippen LogP contribution in [-0.2, 0) is 24.0 Å². The van der Waals surface area contributed by atoms with Crippen molar-refractivity contribution in [2.45, 2.75) is 6.42 Å². The van der Waals surface area contributed by atoms with Crippen molar-refractivity contribution in [3.63, 3.8) is 0 Å². The minimum atomic E-state index is -1.51. The largest absolute Gasteiger partial charge is 0.290 e. The van der Waals surface area contributed by atoms with Crippen molar-refractivity contribution in [2.24, 2.45) is 0 Å². The summed E-state index contributed by atoms with van der Waals surface area (Å²) in [4.78, 5) is 52.1. The maximum Gasteiger partial charge on any atom is 0.280 e. The molecule has 11 heavy (non-hydrogen) atoms. The summed E-state index contributed by atoms with van der Waals surface area (Å²) in [6, 6.07) is 0. The molecule has 1 rings (SSSR count). The lowest BCUT2D eigenvalue weighted by atomic mass is 9.94. The highest BCUT2D eigenvalue weighted by molar-refractivity contribution is 6.91. The van der Waals surface area contributed by atoms with E-state index in [2.05, 4.69) is 0 Å². The summed E-state index contributed by atoms with van der Waals surface area (Å²) in [6.07, 6.45) is -0.761. The highest BCUT2D eigenvalue weighted by atomic mass is 16.2. The van der Waals surface area contributed by atoms with E-state index in [4.69, 9.17) is 0 Å². The van der Waals surface area contributed by atoms with Crippen LogP contribution in [0.2, 0.25) is 0 Å². The van der Waals surface area contributed by atoms with E-state index >= 15 is 0 Å². The van der Waals surface area contributed by atoms with Gasteiger partial charge < -0.3 is 0 Å². The summed E-state index contributed by atoms with van der Waals surface area (Å²) >= 11 is 0. The monoisotopic (exact) mass is 154 g/mol. The molecule has 1 fully saturated rings. The van der Waals surface area contributed by atoms with Crippen LogP contribution in [0.1, 0.15) is 6.42 Å². The molecule has 0 radical (unpaired) electrons. The maximum absolute atomic E-state index is 10.4. The van der Waals surface area contributed by atoms with Crippen LogP contribution in [0.15, 0.2) is 0 Å². The Bertz CT molecular complexity index is 270. The predicted molar refractivity (Wildman–Crippen MR) is 29.7 cm³/mol. The molecule has 1 saturated carbocycles. The van der Waals surface area contributed by atoms with Crippen LogP contribution >= 0.6 is 0 Å². The zero-order valence-corrected chi connectivity index (χ0v) is 5.25. The Morgan fingerprint density at radius 1 is 0.636 bits per heavy atom. The first-order valence-electron chi connectivity index (χ1n) is 2.73. The summed E-state index contributed by atoms with van der Waals surface area (Å²) in [7, 11) is 0. The van der Waals surface area contributed by atoms with Crippen molar-refractivity contribution in [3.8, 4) is 0 Å². The third-order valence-corrected chi connectivity index (χ3v) is 1.24. The van der Waals surface area contributed by atoms with Gasteiger partial charge in [0.15, 0.2) is 0 Å². The van der Waals surface area contributed by atoms with Gasteiger partial charge in [-0.2, -0.15) is 0 Å². The average molecular weight is 154 g/mol. The van der Waals surface area contributed by atoms with Crippen LogP contribution in [0.25, 0.3) is 0 Å². The zero-order valence-electron chi connectivity index (χ0n) is 5.25. The molecule has 0 unspecified atom stereocenters. The molecule has 0 bridgehead atoms. The SMILES string of the molecule is O=C1CC(=O)C(=O)C(=O)C1=O. The Hall–Kier alpha value is -1.65. The van der Waals surface area contributed by atoms with E-state index in [0.717, 1.165) is 0 Å². The minimum absolute atomic E-state index is 0.761. The van der Waals surface area contributed by atoms with Gasteiger partial charge in [0.1, 0.15) is 0 Å². The van der Waals surface area contributed by atoms with Crippen molar-refractivity contribution in [1.29, 1.82) is 0 Å². The topological polar surface area (TPSA) is 85.3 Å². The van der Waals surface area contributed by atoms with E-state index < -0.39 is 35.3 Å². The second-order valence-corrected chi connectivity index (χ2v) is 2.01. The first-order valence-corrected chi connectivity index (χ1v) is 2.73. The maximum atomic E-state index is 10.4. The Labute approximate surface area is 60.4 Å². The first-order chi connectivity index (χ1) is 5.04. The van der Waals surface area contributed by atoms with Crippen LogP contribution in [0.4, 0.5) is 0 Å². The van der Waals surface area contributed by atoms with Crippen molar-refractivity contribution < 1.29 is 24.0 Å². The smallest absolute Gasteiger partial charge is 0.280 e. The average Bonchev–Trinajstić information content (AvgIpc) is 1.97. The van der Waals surface area contributed by atoms with Gasteiger partial charge in [-0.05, 0) is 0 Å². The lowest BCUT2D eigenvalue weighted by Crippen LogP contribution is -2.42. The van der Waals surface area contributed by atoms with Gasteiger partial charge >= 0.3 is 0 Å². The second-order valence-electron chi connectivity index (χ2n) is 2.01. The molecule has 0 aliphatic heterocycles. The van der Waals surface area contributed by atoms with Gasteiger partial charge in [-0.25, -0.2) is 0 Å². The summed E-state index contributed by atoms with van der Waals surface area (Å²) in [5.74, 6) is -6.46. The van der Waals surface area contributed by atoms with Crippen LogP contribution in [0.5, 0.6) is 0 Å². The number of Topliss-reactive ketones (excluding diaryl/α,β-unsaturated/α-hetero) is 5. The minimum Gasteiger partial charge on any atom is -0.290 e. The highest BCUT2D eigenvalue weighted by Gasteiger charge is 2.40. The highest BCUT2D eigenvalue weighted by Crippen LogP contribution is 2.00. The van der Waals surface area contributed by atoms with Gasteiger partial charge in [0.2, 0.25) is 11.6 Å². The molecule has 0 aromatic carbocycles. The Morgan fingerprint density at radius 3 is 1.36 bits per heavy atom. The molecule has 0 amide bonds. The summed E-state index contributed by atoms with van der Waals surface area (Å²) < 4.78 is 0. The molecule has 0 heterocycles. The standard InChI is InChI=1S/C6H2O5/c7-2-1-3(8)5(10)6(11)4(2)9/h1H2. The number of carbonyl (C=O) groups excluding carboxylic acids is 5. The molecule has 1 aliphatic rings. The predicted octanol–water partition coefficient (Wildman–Crippen LogP) is -1.76. The third kappa shape index (κ3) is 1.000. The number of rotatable bonds is 0. The molecule has 1 aliphatic carbocycles. The van der Waals surface area contributed by atoms with Crippen LogP contribution < -0.4 is 0 Å². The van der Waals surface area contributed by atoms with E-state index in [-0.39, 0.29) is 0 Å². The summed E-state index contributed by atoms with van der Waals surface area (Å²) in [5, 5.41) is 0. The van der Waals surface area contributed by atoms with Crippen molar-refractivity contribution in [2.75, 3.05) is 0 Å². The molecule has 5 nitrogen and oxygen atoms in total. The molecule has 0 aromatic heterocycles. The fourth-order valence-electron chi connectivity index (χ4n) is 0.663. The molecule has 5 heteroatoms. The molecular formula is C6H2O5. The summed E-state index contributed by atoms with van der Waals surface area (Å²) in [5.41, 5.74) is 0. The van der Waals surface area contributed by atoms with E-state index in [1.54, 1.807) is 0 Å². The number of ketones is 5. The van der Waals surface area contributed by atoms with Gasteiger partial charge in [0.05, 0.1) is 6.42 Å². The van der Waals surface area contributed by atoms with Gasteiger partial charge in [-0.3, -0.25) is 24.0 Å². The molecule has 0 saturated heterocycles. The van der Waals surface area contributed by atoms with Crippen molar-refractivity contribution in [3.05, 3.63) is 0 Å². The molecular weight excluding hydrogens is 152 g/mol. The number of hydrogen-bond acceptors (Lipinski definition) is 5. The molecule has 0 atom stereocenters. The van der Waals surface area contributed by atoms with Crippen LogP contribution in [-0.4, -0.2) is 28.9 Å². The van der Waals surface area contributed by atoms with Gasteiger partial charge in [-0.15, -0.1) is 0 Å². The van der Waals surface area contributed by atoms with E-state index in [1.807, 2.05) is 0 Å². The molecule has 0 aromatic rings. The fourth-order valence-corrected chi connectivity index (χ4v) is 0.663. The van der Waals surface area contributed by atoms with E-state index in [9.17, 15) is 24.0 Å². The quantitative estimate of drug-likeness (QED) is 0.304. The second kappa shape index (κ2) is 2.19.